The molecule has 0 radical (unpaired) electrons. The van der Waals surface area contributed by atoms with Gasteiger partial charge in [-0.3, -0.25) is 9.59 Å². The van der Waals surface area contributed by atoms with Crippen LogP contribution in [-0.2, 0) is 19.1 Å². The van der Waals surface area contributed by atoms with E-state index in [1.807, 2.05) is 13.0 Å². The van der Waals surface area contributed by atoms with E-state index in [1.54, 1.807) is 71.6 Å². The Kier molecular flexibility index (Phi) is 11.0. The van der Waals surface area contributed by atoms with E-state index in [9.17, 15) is 14.4 Å². The first-order valence-electron chi connectivity index (χ1n) is 18.4. The van der Waals surface area contributed by atoms with Crippen molar-refractivity contribution in [1.29, 1.82) is 0 Å². The molecule has 3 aromatic carbocycles. The Morgan fingerprint density at radius 2 is 1.36 bits per heavy atom. The summed E-state index contributed by atoms with van der Waals surface area (Å²) in [5.41, 5.74) is 3.08. The monoisotopic (exact) mass is 751 g/mol. The van der Waals surface area contributed by atoms with Crippen molar-refractivity contribution in [3.8, 4) is 33.6 Å². The van der Waals surface area contributed by atoms with Gasteiger partial charge in [-0.15, -0.1) is 0 Å². The number of amides is 3. The quantitative estimate of drug-likeness (QED) is 0.129. The van der Waals surface area contributed by atoms with Crippen molar-refractivity contribution < 1.29 is 32.6 Å². The Hall–Kier alpha value is -5.89. The zero-order chi connectivity index (χ0) is 38.6. The van der Waals surface area contributed by atoms with Crippen LogP contribution in [-0.4, -0.2) is 81.1 Å². The summed E-state index contributed by atoms with van der Waals surface area (Å²) in [4.78, 5) is 57.9. The van der Waals surface area contributed by atoms with Gasteiger partial charge >= 0.3 is 6.09 Å². The second-order valence-electron chi connectivity index (χ2n) is 13.9. The molecule has 0 unspecified atom stereocenters. The molecule has 3 amide bonds. The van der Waals surface area contributed by atoms with Crippen LogP contribution >= 0.6 is 0 Å². The Morgan fingerprint density at radius 3 is 1.89 bits per heavy atom. The fraction of sp³-hybridized carbons (Fsp3) is 0.341. The van der Waals surface area contributed by atoms with E-state index >= 15 is 8.78 Å². The number of halogens is 2. The summed E-state index contributed by atoms with van der Waals surface area (Å²) in [6, 6.07) is 16.7. The largest absolute Gasteiger partial charge is 0.453 e. The number of aromatic nitrogens is 4. The van der Waals surface area contributed by atoms with Crippen LogP contribution in [0, 0.1) is 11.6 Å². The lowest BCUT2D eigenvalue weighted by Gasteiger charge is -2.28. The van der Waals surface area contributed by atoms with Gasteiger partial charge in [0.2, 0.25) is 5.91 Å². The molecule has 3 N–H and O–H groups in total. The third-order valence-corrected chi connectivity index (χ3v) is 10.5. The number of alkyl carbamates (subject to hydrolysis) is 1. The van der Waals surface area contributed by atoms with Gasteiger partial charge in [-0.2, -0.15) is 0 Å². The molecule has 2 aliphatic rings. The van der Waals surface area contributed by atoms with Gasteiger partial charge in [0.25, 0.3) is 5.91 Å². The number of rotatable bonds is 11. The highest BCUT2D eigenvalue weighted by Crippen LogP contribution is 2.36. The standard InChI is InChI=1S/C41H43F2N7O5/c1-24(54-2)19-36(51)49-17-7-11-34(49)38-44-22-32(46-38)28-15-13-26(20-30(28)42)27-14-16-29(31(43)21-27)33-23-45-39(47-33)35-12-8-18-50(35)40(52)37(48-41(53)55-3)25-9-5-4-6-10-25/h4-6,9-10,13-16,20-24,34-35,37H,7-8,11-12,17-19H2,1-3H3,(H,44,46)(H,45,47)(H,48,53)/t24-,34-,35-,37+/m0/s1. The van der Waals surface area contributed by atoms with E-state index < -0.39 is 29.8 Å². The molecule has 4 atom stereocenters. The number of imidazole rings is 2. The zero-order valence-electron chi connectivity index (χ0n) is 30.9. The van der Waals surface area contributed by atoms with Gasteiger partial charge < -0.3 is 34.6 Å². The summed E-state index contributed by atoms with van der Waals surface area (Å²) in [6.45, 7) is 2.94. The first-order chi connectivity index (χ1) is 26.6. The summed E-state index contributed by atoms with van der Waals surface area (Å²) in [7, 11) is 2.82. The molecule has 0 saturated carbocycles. The molecular formula is C41H43F2N7O5. The lowest BCUT2D eigenvalue weighted by molar-refractivity contribution is -0.135. The number of carbonyl (C=O) groups is 3. The normalized spacial score (nSPS) is 18.0. The van der Waals surface area contributed by atoms with Crippen molar-refractivity contribution in [3.05, 3.63) is 108 Å². The Balaban J connectivity index is 1.05. The average Bonchev–Trinajstić information content (AvgIpc) is 4.04. The fourth-order valence-electron chi connectivity index (χ4n) is 7.50. The van der Waals surface area contributed by atoms with Gasteiger partial charge in [0.15, 0.2) is 0 Å². The smallest absolute Gasteiger partial charge is 0.407 e. The van der Waals surface area contributed by atoms with E-state index in [0.29, 0.717) is 64.8 Å². The highest BCUT2D eigenvalue weighted by molar-refractivity contribution is 5.87. The maximum absolute atomic E-state index is 15.7. The molecule has 286 valence electrons. The number of benzene rings is 3. The van der Waals surface area contributed by atoms with Crippen molar-refractivity contribution in [2.75, 3.05) is 27.3 Å². The summed E-state index contributed by atoms with van der Waals surface area (Å²) in [6.07, 6.45) is 5.42. The van der Waals surface area contributed by atoms with Crippen LogP contribution in [0.25, 0.3) is 33.6 Å². The predicted octanol–water partition coefficient (Wildman–Crippen LogP) is 7.26. The lowest BCUT2D eigenvalue weighted by atomic mass is 10.00. The van der Waals surface area contributed by atoms with Crippen molar-refractivity contribution >= 4 is 17.9 Å². The highest BCUT2D eigenvalue weighted by atomic mass is 19.1. The molecule has 12 nitrogen and oxygen atoms in total. The maximum Gasteiger partial charge on any atom is 0.407 e. The van der Waals surface area contributed by atoms with Crippen molar-refractivity contribution in [3.63, 3.8) is 0 Å². The van der Waals surface area contributed by atoms with Crippen LogP contribution in [0.1, 0.15) is 74.4 Å². The number of methoxy groups -OCH3 is 2. The molecule has 0 bridgehead atoms. The number of hydrogen-bond donors (Lipinski definition) is 3. The fourth-order valence-corrected chi connectivity index (χ4v) is 7.50. The molecular weight excluding hydrogens is 708 g/mol. The summed E-state index contributed by atoms with van der Waals surface area (Å²) in [5, 5.41) is 2.65. The highest BCUT2D eigenvalue weighted by Gasteiger charge is 2.37. The molecule has 2 fully saturated rings. The molecule has 2 aromatic heterocycles. The molecule has 55 heavy (non-hydrogen) atoms. The summed E-state index contributed by atoms with van der Waals surface area (Å²) < 4.78 is 41.4. The molecule has 5 aromatic rings. The second kappa shape index (κ2) is 16.2. The molecule has 14 heteroatoms. The van der Waals surface area contributed by atoms with Crippen LogP contribution in [0.4, 0.5) is 13.6 Å². The average molecular weight is 752 g/mol. The molecule has 7 rings (SSSR count). The summed E-state index contributed by atoms with van der Waals surface area (Å²) >= 11 is 0. The Labute approximate surface area is 317 Å². The SMILES string of the molecule is COC(=O)N[C@@H](C(=O)N1CCC[C@H]1c1ncc(-c2ccc(-c3ccc(-c4cnc([C@@H]5CCCN5C(=O)C[C@H](C)OC)[nH]4)c(F)c3)cc2F)[nH]1)c1ccccc1. The molecule has 0 spiro atoms. The summed E-state index contributed by atoms with van der Waals surface area (Å²) in [5.74, 6) is -0.242. The number of nitrogens with one attached hydrogen (secondary N) is 3. The number of aromatic amines is 2. The lowest BCUT2D eigenvalue weighted by Crippen LogP contribution is -2.42. The minimum absolute atomic E-state index is 0.00688. The number of carbonyl (C=O) groups excluding carboxylic acids is 3. The van der Waals surface area contributed by atoms with Gasteiger partial charge in [0.1, 0.15) is 29.3 Å². The topological polar surface area (TPSA) is 146 Å². The third kappa shape index (κ3) is 7.86. The molecule has 2 saturated heterocycles. The van der Waals surface area contributed by atoms with Crippen molar-refractivity contribution in [2.45, 2.75) is 63.3 Å². The van der Waals surface area contributed by atoms with E-state index in [1.165, 1.54) is 25.4 Å². The number of nitrogens with zero attached hydrogens (tertiary/aromatic N) is 4. The molecule has 2 aliphatic heterocycles. The number of hydrogen-bond acceptors (Lipinski definition) is 7. The first-order valence-corrected chi connectivity index (χ1v) is 18.4. The Morgan fingerprint density at radius 1 is 0.818 bits per heavy atom. The van der Waals surface area contributed by atoms with Crippen molar-refractivity contribution in [2.24, 2.45) is 0 Å². The molecule has 4 heterocycles. The van der Waals surface area contributed by atoms with Crippen LogP contribution in [0.3, 0.4) is 0 Å². The van der Waals surface area contributed by atoms with Gasteiger partial charge in [-0.05, 0) is 73.6 Å². The minimum atomic E-state index is -0.959. The van der Waals surface area contributed by atoms with Crippen LogP contribution < -0.4 is 5.32 Å². The van der Waals surface area contributed by atoms with Gasteiger partial charge in [-0.1, -0.05) is 42.5 Å². The Bertz CT molecular complexity index is 2170. The maximum atomic E-state index is 15.7. The van der Waals surface area contributed by atoms with E-state index in [2.05, 4.69) is 25.3 Å². The predicted molar refractivity (Wildman–Crippen MR) is 200 cm³/mol. The second-order valence-corrected chi connectivity index (χ2v) is 13.9. The van der Waals surface area contributed by atoms with E-state index in [0.717, 1.165) is 19.3 Å². The zero-order valence-corrected chi connectivity index (χ0v) is 30.9. The van der Waals surface area contributed by atoms with Crippen LogP contribution in [0.2, 0.25) is 0 Å². The van der Waals surface area contributed by atoms with Crippen LogP contribution in [0.15, 0.2) is 79.1 Å². The number of H-pyrrole nitrogens is 2. The van der Waals surface area contributed by atoms with Crippen LogP contribution in [0.5, 0.6) is 0 Å². The van der Waals surface area contributed by atoms with Crippen molar-refractivity contribution in [1.82, 2.24) is 35.1 Å². The van der Waals surface area contributed by atoms with Gasteiger partial charge in [0, 0.05) is 31.3 Å². The first kappa shape index (κ1) is 37.4. The number of likely N-dealkylation sites (tertiary alicyclic amines) is 2. The van der Waals surface area contributed by atoms with E-state index in [4.69, 9.17) is 9.47 Å². The minimum Gasteiger partial charge on any atom is -0.453 e. The number of ether oxygens (including phenoxy) is 2. The van der Waals surface area contributed by atoms with Gasteiger partial charge in [-0.25, -0.2) is 23.5 Å². The van der Waals surface area contributed by atoms with Gasteiger partial charge in [0.05, 0.1) is 55.5 Å². The molecule has 0 aliphatic carbocycles. The van der Waals surface area contributed by atoms with E-state index in [-0.39, 0.29) is 35.9 Å². The third-order valence-electron chi connectivity index (χ3n) is 10.5.